The Morgan fingerprint density at radius 1 is 1.07 bits per heavy atom. The molecule has 1 saturated carbocycles. The summed E-state index contributed by atoms with van der Waals surface area (Å²) in [7, 11) is 0. The van der Waals surface area contributed by atoms with Gasteiger partial charge >= 0.3 is 0 Å². The topological polar surface area (TPSA) is 73.9 Å². The molecule has 0 radical (unpaired) electrons. The molecule has 0 atom stereocenters. The van der Waals surface area contributed by atoms with Gasteiger partial charge in [-0.3, -0.25) is 19.8 Å². The van der Waals surface area contributed by atoms with Crippen molar-refractivity contribution in [1.82, 2.24) is 25.4 Å². The smallest absolute Gasteiger partial charge is 0.272 e. The molecule has 1 amide bonds. The number of nitrogens with zero attached hydrogens (tertiary/aromatic N) is 3. The van der Waals surface area contributed by atoms with E-state index in [-0.39, 0.29) is 5.91 Å². The Morgan fingerprint density at radius 3 is 2.69 bits per heavy atom. The lowest BCUT2D eigenvalue weighted by Crippen LogP contribution is -2.25. The van der Waals surface area contributed by atoms with E-state index in [2.05, 4.69) is 37.5 Å². The van der Waals surface area contributed by atoms with Gasteiger partial charge in [0.05, 0.1) is 5.52 Å². The highest BCUT2D eigenvalue weighted by Crippen LogP contribution is 2.27. The Bertz CT molecular complexity index is 1020. The van der Waals surface area contributed by atoms with Crippen LogP contribution in [-0.2, 0) is 6.54 Å². The lowest BCUT2D eigenvalue weighted by molar-refractivity contribution is 0.0947. The Balaban J connectivity index is 1.40. The average molecular weight is 390 g/mol. The van der Waals surface area contributed by atoms with E-state index in [9.17, 15) is 4.79 Å². The molecule has 3 aromatic rings. The molecule has 1 saturated heterocycles. The van der Waals surface area contributed by atoms with Gasteiger partial charge in [-0.25, -0.2) is 0 Å². The van der Waals surface area contributed by atoms with Gasteiger partial charge in [-0.15, -0.1) is 0 Å². The zero-order valence-corrected chi connectivity index (χ0v) is 16.7. The summed E-state index contributed by atoms with van der Waals surface area (Å²) in [6.45, 7) is 3.29. The number of H-pyrrole nitrogens is 1. The SMILES string of the molecule is O=C(NC1CC1)c1n[nH]c2ccc(-c3cncc(CN4CCCCCC4)c3)cc12. The summed E-state index contributed by atoms with van der Waals surface area (Å²) < 4.78 is 0. The molecule has 29 heavy (non-hydrogen) atoms. The Hall–Kier alpha value is -2.73. The van der Waals surface area contributed by atoms with Crippen molar-refractivity contribution in [3.05, 3.63) is 47.9 Å². The summed E-state index contributed by atoms with van der Waals surface area (Å²) in [5, 5.41) is 11.1. The number of pyridine rings is 1. The van der Waals surface area contributed by atoms with Crippen LogP contribution in [0.5, 0.6) is 0 Å². The van der Waals surface area contributed by atoms with Crippen LogP contribution >= 0.6 is 0 Å². The van der Waals surface area contributed by atoms with Crippen molar-refractivity contribution in [2.24, 2.45) is 0 Å². The van der Waals surface area contributed by atoms with Gasteiger partial charge in [-0.1, -0.05) is 18.9 Å². The molecule has 0 unspecified atom stereocenters. The van der Waals surface area contributed by atoms with E-state index in [1.165, 1.54) is 44.3 Å². The molecule has 2 aliphatic rings. The highest BCUT2D eigenvalue weighted by atomic mass is 16.2. The van der Waals surface area contributed by atoms with E-state index in [4.69, 9.17) is 0 Å². The van der Waals surface area contributed by atoms with E-state index < -0.39 is 0 Å². The Kier molecular flexibility index (Phi) is 5.02. The minimum Gasteiger partial charge on any atom is -0.348 e. The molecule has 2 aromatic heterocycles. The first-order valence-corrected chi connectivity index (χ1v) is 10.7. The monoisotopic (exact) mass is 389 g/mol. The van der Waals surface area contributed by atoms with Crippen molar-refractivity contribution in [3.63, 3.8) is 0 Å². The van der Waals surface area contributed by atoms with Gasteiger partial charge in [0.15, 0.2) is 5.69 Å². The molecular formula is C23H27N5O. The first-order chi connectivity index (χ1) is 14.3. The summed E-state index contributed by atoms with van der Waals surface area (Å²) in [5.41, 5.74) is 4.73. The zero-order chi connectivity index (χ0) is 19.6. The van der Waals surface area contributed by atoms with Crippen LogP contribution in [0.2, 0.25) is 0 Å². The summed E-state index contributed by atoms with van der Waals surface area (Å²) in [6, 6.07) is 8.65. The lowest BCUT2D eigenvalue weighted by Gasteiger charge is -2.19. The van der Waals surface area contributed by atoms with Gasteiger partial charge < -0.3 is 5.32 Å². The maximum Gasteiger partial charge on any atom is 0.272 e. The zero-order valence-electron chi connectivity index (χ0n) is 16.7. The van der Waals surface area contributed by atoms with Crippen LogP contribution in [0.3, 0.4) is 0 Å². The average Bonchev–Trinajstić information content (AvgIpc) is 3.50. The summed E-state index contributed by atoms with van der Waals surface area (Å²) in [5.74, 6) is -0.0936. The second-order valence-electron chi connectivity index (χ2n) is 8.35. The van der Waals surface area contributed by atoms with Gasteiger partial charge in [0.1, 0.15) is 0 Å². The fraction of sp³-hybridized carbons (Fsp3) is 0.435. The van der Waals surface area contributed by atoms with Crippen LogP contribution in [-0.4, -0.2) is 45.1 Å². The van der Waals surface area contributed by atoms with E-state index in [1.54, 1.807) is 0 Å². The van der Waals surface area contributed by atoms with Gasteiger partial charge in [0, 0.05) is 35.9 Å². The normalized spacial score (nSPS) is 17.9. The second kappa shape index (κ2) is 7.95. The predicted octanol–water partition coefficient (Wildman–Crippen LogP) is 3.89. The third kappa shape index (κ3) is 4.17. The highest BCUT2D eigenvalue weighted by molar-refractivity contribution is 6.05. The Labute approximate surface area is 170 Å². The third-order valence-electron chi connectivity index (χ3n) is 5.92. The minimum absolute atomic E-state index is 0.0936. The number of aromatic nitrogens is 3. The van der Waals surface area contributed by atoms with E-state index >= 15 is 0 Å². The molecule has 5 rings (SSSR count). The first kappa shape index (κ1) is 18.3. The number of carbonyl (C=O) groups is 1. The number of hydrogen-bond acceptors (Lipinski definition) is 4. The van der Waals surface area contributed by atoms with E-state index in [0.717, 1.165) is 41.4 Å². The van der Waals surface area contributed by atoms with Crippen molar-refractivity contribution < 1.29 is 4.79 Å². The number of nitrogens with one attached hydrogen (secondary N) is 2. The number of amides is 1. The molecule has 1 aliphatic heterocycles. The van der Waals surface area contributed by atoms with Crippen LogP contribution < -0.4 is 5.32 Å². The molecule has 6 nitrogen and oxygen atoms in total. The number of aromatic amines is 1. The summed E-state index contributed by atoms with van der Waals surface area (Å²) in [4.78, 5) is 19.5. The fourth-order valence-corrected chi connectivity index (χ4v) is 4.13. The minimum atomic E-state index is -0.0936. The van der Waals surface area contributed by atoms with Crippen molar-refractivity contribution >= 4 is 16.8 Å². The van der Waals surface area contributed by atoms with Gasteiger partial charge in [0.25, 0.3) is 5.91 Å². The molecule has 1 aromatic carbocycles. The van der Waals surface area contributed by atoms with Crippen LogP contribution in [0.1, 0.15) is 54.6 Å². The molecule has 150 valence electrons. The maximum absolute atomic E-state index is 12.5. The number of likely N-dealkylation sites (tertiary alicyclic amines) is 1. The van der Waals surface area contributed by atoms with Crippen LogP contribution in [0.4, 0.5) is 0 Å². The number of hydrogen-bond donors (Lipinski definition) is 2. The second-order valence-corrected chi connectivity index (χ2v) is 8.35. The first-order valence-electron chi connectivity index (χ1n) is 10.7. The van der Waals surface area contributed by atoms with E-state index in [1.807, 2.05) is 24.5 Å². The van der Waals surface area contributed by atoms with Gasteiger partial charge in [-0.2, -0.15) is 5.10 Å². The van der Waals surface area contributed by atoms with Crippen molar-refractivity contribution in [2.45, 2.75) is 51.1 Å². The molecule has 2 fully saturated rings. The molecule has 1 aliphatic carbocycles. The van der Waals surface area contributed by atoms with Crippen molar-refractivity contribution in [2.75, 3.05) is 13.1 Å². The van der Waals surface area contributed by atoms with E-state index in [0.29, 0.717) is 11.7 Å². The lowest BCUT2D eigenvalue weighted by atomic mass is 10.0. The molecule has 3 heterocycles. The predicted molar refractivity (Wildman–Crippen MR) is 114 cm³/mol. The summed E-state index contributed by atoms with van der Waals surface area (Å²) >= 11 is 0. The number of rotatable bonds is 5. The van der Waals surface area contributed by atoms with Gasteiger partial charge in [-0.05, 0) is 68.1 Å². The standard InChI is InChI=1S/C23H27N5O/c29-23(25-19-6-7-19)22-20-12-17(5-8-21(20)26-27-22)18-11-16(13-24-14-18)15-28-9-3-1-2-4-10-28/h5,8,11-14,19H,1-4,6-7,9-10,15H2,(H,25,29)(H,26,27). The van der Waals surface area contributed by atoms with Crippen molar-refractivity contribution in [1.29, 1.82) is 0 Å². The number of benzene rings is 1. The molecular weight excluding hydrogens is 362 g/mol. The van der Waals surface area contributed by atoms with Crippen LogP contribution in [0.25, 0.3) is 22.0 Å². The van der Waals surface area contributed by atoms with Crippen LogP contribution in [0.15, 0.2) is 36.7 Å². The molecule has 6 heteroatoms. The maximum atomic E-state index is 12.5. The fourth-order valence-electron chi connectivity index (χ4n) is 4.13. The Morgan fingerprint density at radius 2 is 1.90 bits per heavy atom. The highest BCUT2D eigenvalue weighted by Gasteiger charge is 2.25. The van der Waals surface area contributed by atoms with Gasteiger partial charge in [0.2, 0.25) is 0 Å². The summed E-state index contributed by atoms with van der Waals surface area (Å²) in [6.07, 6.45) is 11.3. The van der Waals surface area contributed by atoms with Crippen LogP contribution in [0, 0.1) is 0 Å². The number of carbonyl (C=O) groups excluding carboxylic acids is 1. The largest absolute Gasteiger partial charge is 0.348 e. The third-order valence-corrected chi connectivity index (χ3v) is 5.92. The molecule has 2 N–H and O–H groups in total. The molecule has 0 bridgehead atoms. The quantitative estimate of drug-likeness (QED) is 0.694. The number of fused-ring (bicyclic) bond motifs is 1. The molecule has 0 spiro atoms. The van der Waals surface area contributed by atoms with Crippen molar-refractivity contribution in [3.8, 4) is 11.1 Å².